The third-order valence-corrected chi connectivity index (χ3v) is 6.82. The van der Waals surface area contributed by atoms with Gasteiger partial charge >= 0.3 is 0 Å². The maximum atomic E-state index is 9.45. The third-order valence-electron chi connectivity index (χ3n) is 5.65. The van der Waals surface area contributed by atoms with E-state index in [9.17, 15) is 5.11 Å². The van der Waals surface area contributed by atoms with Crippen LogP contribution in [0.3, 0.4) is 0 Å². The van der Waals surface area contributed by atoms with Gasteiger partial charge in [-0.1, -0.05) is 6.92 Å². The molecule has 1 saturated carbocycles. The normalized spacial score (nSPS) is 27.2. The fourth-order valence-electron chi connectivity index (χ4n) is 4.28. The van der Waals surface area contributed by atoms with Gasteiger partial charge in [-0.05, 0) is 68.8 Å². The fourth-order valence-corrected chi connectivity index (χ4v) is 5.54. The zero-order chi connectivity index (χ0) is 16.5. The predicted molar refractivity (Wildman–Crippen MR) is 96.8 cm³/mol. The summed E-state index contributed by atoms with van der Waals surface area (Å²) in [5.74, 6) is 2.02. The van der Waals surface area contributed by atoms with E-state index in [2.05, 4.69) is 16.9 Å². The Kier molecular flexibility index (Phi) is 4.72. The van der Waals surface area contributed by atoms with Crippen LogP contribution in [0.1, 0.15) is 68.2 Å². The van der Waals surface area contributed by atoms with Crippen molar-refractivity contribution in [1.82, 2.24) is 9.97 Å². The Morgan fingerprint density at radius 1 is 1.21 bits per heavy atom. The number of aromatic nitrogens is 2. The summed E-state index contributed by atoms with van der Waals surface area (Å²) in [4.78, 5) is 11.5. The Morgan fingerprint density at radius 2 is 2.04 bits per heavy atom. The standard InChI is InChI=1S/C19H26N2O2S/c1-12-5-7-14(8-6-12)23-18-17-16-13(9-10-22)3-2-4-15(16)24-19(17)21-11-20-18/h11-14,22H,2-10H2,1H3. The number of aliphatic hydroxyl groups is 1. The number of rotatable bonds is 4. The van der Waals surface area contributed by atoms with Gasteiger partial charge in [0.05, 0.1) is 5.39 Å². The smallest absolute Gasteiger partial charge is 0.225 e. The van der Waals surface area contributed by atoms with E-state index in [1.165, 1.54) is 29.7 Å². The van der Waals surface area contributed by atoms with Crippen LogP contribution < -0.4 is 4.74 Å². The van der Waals surface area contributed by atoms with Crippen LogP contribution in [0.5, 0.6) is 5.88 Å². The van der Waals surface area contributed by atoms with Crippen molar-refractivity contribution >= 4 is 21.6 Å². The highest BCUT2D eigenvalue weighted by Gasteiger charge is 2.29. The molecule has 0 spiro atoms. The Balaban J connectivity index is 1.69. The van der Waals surface area contributed by atoms with Crippen molar-refractivity contribution in [2.45, 2.75) is 70.3 Å². The fraction of sp³-hybridized carbons (Fsp3) is 0.684. The molecule has 2 aromatic rings. The lowest BCUT2D eigenvalue weighted by molar-refractivity contribution is 0.132. The molecule has 5 heteroatoms. The summed E-state index contributed by atoms with van der Waals surface area (Å²) in [5, 5.41) is 10.6. The Morgan fingerprint density at radius 3 is 2.83 bits per heavy atom. The lowest BCUT2D eigenvalue weighted by Crippen LogP contribution is -2.23. The second-order valence-electron chi connectivity index (χ2n) is 7.40. The van der Waals surface area contributed by atoms with Crippen molar-refractivity contribution in [3.8, 4) is 5.88 Å². The van der Waals surface area contributed by atoms with Crippen LogP contribution in [0.4, 0.5) is 0 Å². The van der Waals surface area contributed by atoms with Crippen molar-refractivity contribution in [1.29, 1.82) is 0 Å². The zero-order valence-corrected chi connectivity index (χ0v) is 15.1. The Labute approximate surface area is 147 Å². The van der Waals surface area contributed by atoms with E-state index < -0.39 is 0 Å². The van der Waals surface area contributed by atoms with Gasteiger partial charge in [-0.2, -0.15) is 0 Å². The minimum atomic E-state index is 0.242. The van der Waals surface area contributed by atoms with Gasteiger partial charge in [-0.25, -0.2) is 9.97 Å². The SMILES string of the molecule is CC1CCC(Oc2ncnc3sc4c(c23)C(CCO)CCC4)CC1. The molecule has 2 heterocycles. The second-order valence-corrected chi connectivity index (χ2v) is 8.48. The van der Waals surface area contributed by atoms with Gasteiger partial charge in [0.25, 0.3) is 0 Å². The summed E-state index contributed by atoms with van der Waals surface area (Å²) in [6.45, 7) is 2.57. The monoisotopic (exact) mass is 346 g/mol. The lowest BCUT2D eigenvalue weighted by Gasteiger charge is -2.27. The first-order valence-corrected chi connectivity index (χ1v) is 10.1. The van der Waals surface area contributed by atoms with E-state index in [4.69, 9.17) is 4.74 Å². The van der Waals surface area contributed by atoms with Crippen LogP contribution in [0.2, 0.25) is 0 Å². The first-order chi connectivity index (χ1) is 11.8. The van der Waals surface area contributed by atoms with E-state index in [1.54, 1.807) is 17.7 Å². The summed E-state index contributed by atoms with van der Waals surface area (Å²) in [7, 11) is 0. The maximum Gasteiger partial charge on any atom is 0.225 e. The number of hydrogen-bond acceptors (Lipinski definition) is 5. The number of aryl methyl sites for hydroxylation is 1. The first kappa shape index (κ1) is 16.3. The lowest BCUT2D eigenvalue weighted by atomic mass is 9.84. The van der Waals surface area contributed by atoms with Crippen molar-refractivity contribution in [3.63, 3.8) is 0 Å². The molecule has 4 nitrogen and oxygen atoms in total. The van der Waals surface area contributed by atoms with E-state index in [1.807, 2.05) is 0 Å². The Bertz CT molecular complexity index is 707. The van der Waals surface area contributed by atoms with Crippen molar-refractivity contribution < 1.29 is 9.84 Å². The van der Waals surface area contributed by atoms with Crippen LogP contribution in [0, 0.1) is 5.92 Å². The molecule has 24 heavy (non-hydrogen) atoms. The van der Waals surface area contributed by atoms with Gasteiger partial charge in [-0.15, -0.1) is 11.3 Å². The van der Waals surface area contributed by atoms with E-state index in [0.717, 1.165) is 54.1 Å². The molecule has 0 amide bonds. The molecular weight excluding hydrogens is 320 g/mol. The number of aliphatic hydroxyl groups excluding tert-OH is 1. The molecule has 0 aliphatic heterocycles. The van der Waals surface area contributed by atoms with E-state index in [0.29, 0.717) is 5.92 Å². The molecule has 2 aliphatic carbocycles. The summed E-state index contributed by atoms with van der Waals surface area (Å²) in [5.41, 5.74) is 1.37. The van der Waals surface area contributed by atoms with Crippen LogP contribution in [0.15, 0.2) is 6.33 Å². The van der Waals surface area contributed by atoms with Crippen LogP contribution in [-0.2, 0) is 6.42 Å². The molecular formula is C19H26N2O2S. The number of nitrogens with zero attached hydrogens (tertiary/aromatic N) is 2. The summed E-state index contributed by atoms with van der Waals surface area (Å²) in [6, 6.07) is 0. The van der Waals surface area contributed by atoms with E-state index >= 15 is 0 Å². The molecule has 2 aliphatic rings. The quantitative estimate of drug-likeness (QED) is 0.888. The average molecular weight is 346 g/mol. The molecule has 1 atom stereocenters. The summed E-state index contributed by atoms with van der Waals surface area (Å²) in [6.07, 6.45) is 11.0. The molecule has 1 fully saturated rings. The van der Waals surface area contributed by atoms with Crippen LogP contribution in [0.25, 0.3) is 10.2 Å². The van der Waals surface area contributed by atoms with Crippen molar-refractivity contribution in [2.75, 3.05) is 6.61 Å². The molecule has 1 unspecified atom stereocenters. The third kappa shape index (κ3) is 3.04. The van der Waals surface area contributed by atoms with Gasteiger partial charge in [-0.3, -0.25) is 0 Å². The summed E-state index contributed by atoms with van der Waals surface area (Å²) < 4.78 is 6.36. The Hall–Kier alpha value is -1.20. The van der Waals surface area contributed by atoms with Crippen LogP contribution >= 0.6 is 11.3 Å². The molecule has 2 aromatic heterocycles. The predicted octanol–water partition coefficient (Wildman–Crippen LogP) is 4.45. The van der Waals surface area contributed by atoms with E-state index in [-0.39, 0.29) is 12.7 Å². The molecule has 1 N–H and O–H groups in total. The van der Waals surface area contributed by atoms with Gasteiger partial charge in [0.15, 0.2) is 0 Å². The highest BCUT2D eigenvalue weighted by atomic mass is 32.1. The number of ether oxygens (including phenoxy) is 1. The zero-order valence-electron chi connectivity index (χ0n) is 14.3. The first-order valence-electron chi connectivity index (χ1n) is 9.30. The largest absolute Gasteiger partial charge is 0.474 e. The topological polar surface area (TPSA) is 55.2 Å². The molecule has 0 bridgehead atoms. The number of hydrogen-bond donors (Lipinski definition) is 1. The van der Waals surface area contributed by atoms with Gasteiger partial charge in [0, 0.05) is 11.5 Å². The molecule has 130 valence electrons. The molecule has 0 saturated heterocycles. The molecule has 0 radical (unpaired) electrons. The minimum Gasteiger partial charge on any atom is -0.474 e. The average Bonchev–Trinajstić information content (AvgIpc) is 2.98. The number of fused-ring (bicyclic) bond motifs is 3. The maximum absolute atomic E-state index is 9.45. The highest BCUT2D eigenvalue weighted by Crippen LogP contribution is 2.45. The van der Waals surface area contributed by atoms with Gasteiger partial charge in [0.2, 0.25) is 5.88 Å². The highest BCUT2D eigenvalue weighted by molar-refractivity contribution is 7.18. The molecule has 4 rings (SSSR count). The summed E-state index contributed by atoms with van der Waals surface area (Å²) >= 11 is 1.79. The van der Waals surface area contributed by atoms with Crippen molar-refractivity contribution in [2.24, 2.45) is 5.92 Å². The minimum absolute atomic E-state index is 0.242. The van der Waals surface area contributed by atoms with Crippen molar-refractivity contribution in [3.05, 3.63) is 16.8 Å². The van der Waals surface area contributed by atoms with Gasteiger partial charge in [0.1, 0.15) is 17.3 Å². The second kappa shape index (κ2) is 6.96. The molecule has 0 aromatic carbocycles. The number of thiophene rings is 1. The van der Waals surface area contributed by atoms with Gasteiger partial charge < -0.3 is 9.84 Å². The van der Waals surface area contributed by atoms with Crippen LogP contribution in [-0.4, -0.2) is 27.8 Å².